The van der Waals surface area contributed by atoms with E-state index in [2.05, 4.69) is 20.4 Å². The molecular weight excluding hydrogens is 418 g/mol. The number of aryl methyl sites for hydroxylation is 3. The predicted molar refractivity (Wildman–Crippen MR) is 125 cm³/mol. The van der Waals surface area contributed by atoms with Crippen molar-refractivity contribution in [2.45, 2.75) is 26.4 Å². The van der Waals surface area contributed by atoms with Gasteiger partial charge in [-0.05, 0) is 38.5 Å². The van der Waals surface area contributed by atoms with Crippen LogP contribution in [0.3, 0.4) is 0 Å². The summed E-state index contributed by atoms with van der Waals surface area (Å²) >= 11 is 0. The molecular formula is C23H25N9O. The first kappa shape index (κ1) is 20.8. The lowest BCUT2D eigenvalue weighted by atomic mass is 10.0. The fraction of sp³-hybridized carbons (Fsp3) is 0.261. The van der Waals surface area contributed by atoms with Crippen LogP contribution in [0.1, 0.15) is 25.0 Å². The fourth-order valence-corrected chi connectivity index (χ4v) is 3.76. The Balaban J connectivity index is 1.66. The second-order valence-electron chi connectivity index (χ2n) is 8.60. The summed E-state index contributed by atoms with van der Waals surface area (Å²) in [6.45, 7) is 5.49. The normalized spacial score (nSPS) is 11.9. The van der Waals surface area contributed by atoms with Crippen LogP contribution in [0.4, 0.5) is 11.6 Å². The summed E-state index contributed by atoms with van der Waals surface area (Å²) in [5, 5.41) is 22.8. The molecule has 5 aromatic rings. The van der Waals surface area contributed by atoms with Crippen molar-refractivity contribution in [2.24, 2.45) is 14.1 Å². The molecule has 2 N–H and O–H groups in total. The summed E-state index contributed by atoms with van der Waals surface area (Å²) in [4.78, 5) is 13.7. The highest BCUT2D eigenvalue weighted by Crippen LogP contribution is 2.32. The highest BCUT2D eigenvalue weighted by atomic mass is 16.3. The molecule has 0 unspecified atom stereocenters. The maximum atomic E-state index is 10.2. The lowest BCUT2D eigenvalue weighted by molar-refractivity contribution is 0.0782. The van der Waals surface area contributed by atoms with E-state index in [-0.39, 0.29) is 0 Å². The molecule has 0 saturated carbocycles. The highest BCUT2D eigenvalue weighted by Gasteiger charge is 2.20. The number of pyridine rings is 1. The smallest absolute Gasteiger partial charge is 0.218 e. The molecule has 5 aromatic heterocycles. The Labute approximate surface area is 190 Å². The summed E-state index contributed by atoms with van der Waals surface area (Å²) in [6.07, 6.45) is 9.09. The van der Waals surface area contributed by atoms with Crippen molar-refractivity contribution in [1.29, 1.82) is 0 Å². The van der Waals surface area contributed by atoms with Crippen molar-refractivity contribution >= 4 is 17.2 Å². The second-order valence-corrected chi connectivity index (χ2v) is 8.60. The SMILES string of the molecule is Cc1c(-c2ccn(C)n2)cn2nc(-c3nccn3C)nc(Nc3ccc(C(C)(C)O)cn3)c12. The maximum absolute atomic E-state index is 10.2. The molecule has 0 bridgehead atoms. The number of aromatic nitrogens is 8. The van der Waals surface area contributed by atoms with E-state index >= 15 is 0 Å². The molecule has 0 spiro atoms. The van der Waals surface area contributed by atoms with E-state index in [1.165, 1.54) is 0 Å². The van der Waals surface area contributed by atoms with Crippen LogP contribution in [0.2, 0.25) is 0 Å². The van der Waals surface area contributed by atoms with Crippen LogP contribution in [-0.4, -0.2) is 44.0 Å². The number of imidazole rings is 1. The summed E-state index contributed by atoms with van der Waals surface area (Å²) < 4.78 is 5.45. The van der Waals surface area contributed by atoms with Gasteiger partial charge in [0.05, 0.1) is 11.3 Å². The number of nitrogens with one attached hydrogen (secondary N) is 1. The Bertz CT molecular complexity index is 1450. The molecule has 10 nitrogen and oxygen atoms in total. The zero-order valence-electron chi connectivity index (χ0n) is 19.1. The predicted octanol–water partition coefficient (Wildman–Crippen LogP) is 3.20. The minimum atomic E-state index is -0.964. The lowest BCUT2D eigenvalue weighted by Crippen LogP contribution is -2.15. The van der Waals surface area contributed by atoms with Gasteiger partial charge in [0, 0.05) is 56.2 Å². The molecule has 0 atom stereocenters. The first-order chi connectivity index (χ1) is 15.7. The van der Waals surface area contributed by atoms with Gasteiger partial charge in [0.15, 0.2) is 11.6 Å². The van der Waals surface area contributed by atoms with Crippen LogP contribution < -0.4 is 5.32 Å². The summed E-state index contributed by atoms with van der Waals surface area (Å²) in [5.41, 5.74) is 3.41. The van der Waals surface area contributed by atoms with E-state index in [0.717, 1.165) is 27.9 Å². The number of aliphatic hydroxyl groups is 1. The van der Waals surface area contributed by atoms with Gasteiger partial charge in [-0.1, -0.05) is 6.07 Å². The van der Waals surface area contributed by atoms with Gasteiger partial charge in [-0.3, -0.25) is 4.68 Å². The fourth-order valence-electron chi connectivity index (χ4n) is 3.76. The molecule has 10 heteroatoms. The van der Waals surface area contributed by atoms with E-state index in [0.29, 0.717) is 23.3 Å². The molecule has 0 amide bonds. The third-order valence-corrected chi connectivity index (χ3v) is 5.61. The molecule has 168 valence electrons. The van der Waals surface area contributed by atoms with E-state index in [9.17, 15) is 5.11 Å². The third kappa shape index (κ3) is 3.74. The second kappa shape index (κ2) is 7.52. The molecule has 5 heterocycles. The number of hydrogen-bond acceptors (Lipinski definition) is 7. The van der Waals surface area contributed by atoms with Crippen molar-refractivity contribution in [3.8, 4) is 22.9 Å². The zero-order valence-corrected chi connectivity index (χ0v) is 19.1. The van der Waals surface area contributed by atoms with Gasteiger partial charge < -0.3 is 15.0 Å². The largest absolute Gasteiger partial charge is 0.386 e. The molecule has 0 aliphatic heterocycles. The zero-order chi connectivity index (χ0) is 23.3. The topological polar surface area (TPSA) is 111 Å². The van der Waals surface area contributed by atoms with E-state index in [4.69, 9.17) is 10.1 Å². The van der Waals surface area contributed by atoms with Crippen molar-refractivity contribution in [3.63, 3.8) is 0 Å². The Morgan fingerprint density at radius 2 is 1.85 bits per heavy atom. The summed E-state index contributed by atoms with van der Waals surface area (Å²) in [5.74, 6) is 2.34. The molecule has 0 aliphatic rings. The number of hydrogen-bond donors (Lipinski definition) is 2. The van der Waals surface area contributed by atoms with Crippen molar-refractivity contribution in [1.82, 2.24) is 38.9 Å². The van der Waals surface area contributed by atoms with Gasteiger partial charge in [-0.2, -0.15) is 5.10 Å². The molecule has 5 rings (SSSR count). The number of nitrogens with zero attached hydrogens (tertiary/aromatic N) is 8. The average Bonchev–Trinajstić information content (AvgIpc) is 3.46. The van der Waals surface area contributed by atoms with Crippen molar-refractivity contribution < 1.29 is 5.11 Å². The standard InChI is InChI=1S/C23H25N9O/c1-14-16(17-8-10-31(5)28-17)13-32-19(14)20(27-21(29-32)22-24-9-11-30(22)4)26-18-7-6-15(12-25-18)23(2,3)33/h6-13,33H,1-5H3,(H,25,26,27,29). The first-order valence-corrected chi connectivity index (χ1v) is 10.5. The minimum Gasteiger partial charge on any atom is -0.386 e. The molecule has 0 aliphatic carbocycles. The average molecular weight is 444 g/mol. The van der Waals surface area contributed by atoms with Gasteiger partial charge in [-0.25, -0.2) is 19.5 Å². The summed E-state index contributed by atoms with van der Waals surface area (Å²) in [7, 11) is 3.80. The van der Waals surface area contributed by atoms with Crippen molar-refractivity contribution in [3.05, 3.63) is 60.3 Å². The number of fused-ring (bicyclic) bond motifs is 1. The molecule has 33 heavy (non-hydrogen) atoms. The molecule has 0 fully saturated rings. The van der Waals surface area contributed by atoms with Crippen molar-refractivity contribution in [2.75, 3.05) is 5.32 Å². The van der Waals surface area contributed by atoms with Gasteiger partial charge in [0.2, 0.25) is 5.82 Å². The first-order valence-electron chi connectivity index (χ1n) is 10.5. The van der Waals surface area contributed by atoms with Crippen LogP contribution in [0.25, 0.3) is 28.4 Å². The van der Waals surface area contributed by atoms with E-state index < -0.39 is 5.60 Å². The molecule has 0 aromatic carbocycles. The minimum absolute atomic E-state index is 0.480. The van der Waals surface area contributed by atoms with E-state index in [1.807, 2.05) is 66.9 Å². The Kier molecular flexibility index (Phi) is 4.75. The summed E-state index contributed by atoms with van der Waals surface area (Å²) in [6, 6.07) is 5.64. The van der Waals surface area contributed by atoms with Crippen LogP contribution in [-0.2, 0) is 19.7 Å². The van der Waals surface area contributed by atoms with Crippen LogP contribution in [0.15, 0.2) is 49.2 Å². The Hall–Kier alpha value is -4.05. The number of anilines is 2. The highest BCUT2D eigenvalue weighted by molar-refractivity contribution is 5.84. The van der Waals surface area contributed by atoms with Gasteiger partial charge in [-0.15, -0.1) is 5.10 Å². The molecule has 0 saturated heterocycles. The lowest BCUT2D eigenvalue weighted by Gasteiger charge is -2.17. The van der Waals surface area contributed by atoms with Crippen LogP contribution >= 0.6 is 0 Å². The van der Waals surface area contributed by atoms with Gasteiger partial charge in [0.1, 0.15) is 11.3 Å². The third-order valence-electron chi connectivity index (χ3n) is 5.61. The monoisotopic (exact) mass is 443 g/mol. The Morgan fingerprint density at radius 3 is 2.45 bits per heavy atom. The van der Waals surface area contributed by atoms with Gasteiger partial charge in [0.25, 0.3) is 0 Å². The van der Waals surface area contributed by atoms with Crippen LogP contribution in [0.5, 0.6) is 0 Å². The molecule has 0 radical (unpaired) electrons. The maximum Gasteiger partial charge on any atom is 0.218 e. The quantitative estimate of drug-likeness (QED) is 0.429. The van der Waals surface area contributed by atoms with Crippen LogP contribution in [0, 0.1) is 6.92 Å². The Morgan fingerprint density at radius 1 is 1.03 bits per heavy atom. The number of rotatable bonds is 5. The van der Waals surface area contributed by atoms with E-state index in [1.54, 1.807) is 30.9 Å². The van der Waals surface area contributed by atoms with Gasteiger partial charge >= 0.3 is 0 Å².